The van der Waals surface area contributed by atoms with Crippen molar-refractivity contribution in [3.05, 3.63) is 35.9 Å². The molecule has 0 aliphatic heterocycles. The Labute approximate surface area is 128 Å². The van der Waals surface area contributed by atoms with Crippen LogP contribution < -0.4 is 0 Å². The molecule has 0 aliphatic carbocycles. The minimum Gasteiger partial charge on any atom is -0.508 e. The van der Waals surface area contributed by atoms with E-state index < -0.39 is 0 Å². The zero-order valence-electron chi connectivity index (χ0n) is 13.4. The van der Waals surface area contributed by atoms with Crippen LogP contribution in [-0.4, -0.2) is 36.4 Å². The predicted octanol–water partition coefficient (Wildman–Crippen LogP) is 3.73. The molecule has 0 radical (unpaired) electrons. The number of phenols is 1. The highest BCUT2D eigenvalue weighted by Crippen LogP contribution is 2.15. The fraction of sp³-hybridized carbons (Fsp3) is 0.500. The highest BCUT2D eigenvalue weighted by Gasteiger charge is 2.16. The summed E-state index contributed by atoms with van der Waals surface area (Å²) >= 11 is 0. The van der Waals surface area contributed by atoms with Gasteiger partial charge in [-0.25, -0.2) is 0 Å². The first kappa shape index (κ1) is 17.4. The molecule has 0 bridgehead atoms. The van der Waals surface area contributed by atoms with Gasteiger partial charge in [0, 0.05) is 12.5 Å². The van der Waals surface area contributed by atoms with E-state index in [0.29, 0.717) is 0 Å². The Morgan fingerprint density at radius 3 is 2.71 bits per heavy atom. The maximum absolute atomic E-state index is 12.4. The fourth-order valence-electron chi connectivity index (χ4n) is 2.35. The maximum Gasteiger partial charge on any atom is 0.160 e. The van der Waals surface area contributed by atoms with Gasteiger partial charge in [-0.3, -0.25) is 4.79 Å². The normalized spacial score (nSPS) is 13.0. The average Bonchev–Trinajstić information content (AvgIpc) is 2.43. The second kappa shape index (κ2) is 9.35. The van der Waals surface area contributed by atoms with Crippen molar-refractivity contribution < 1.29 is 9.90 Å². The van der Waals surface area contributed by atoms with Gasteiger partial charge in [0.15, 0.2) is 5.78 Å². The number of carbonyl (C=O) groups is 1. The first-order valence-corrected chi connectivity index (χ1v) is 7.68. The molecule has 1 aromatic carbocycles. The number of hydrogen-bond acceptors (Lipinski definition) is 3. The molecular formula is C18H27NO2. The van der Waals surface area contributed by atoms with E-state index in [0.717, 1.165) is 24.9 Å². The summed E-state index contributed by atoms with van der Waals surface area (Å²) in [5.74, 6) is 0.445. The Kier molecular flexibility index (Phi) is 7.76. The molecule has 1 aromatic rings. The lowest BCUT2D eigenvalue weighted by atomic mass is 9.95. The van der Waals surface area contributed by atoms with Gasteiger partial charge in [-0.2, -0.15) is 0 Å². The van der Waals surface area contributed by atoms with Gasteiger partial charge in [-0.1, -0.05) is 44.4 Å². The molecule has 1 atom stereocenters. The summed E-state index contributed by atoms with van der Waals surface area (Å²) in [7, 11) is 4.00. The number of benzene rings is 1. The van der Waals surface area contributed by atoms with Crippen LogP contribution in [0.1, 0.15) is 38.2 Å². The lowest BCUT2D eigenvalue weighted by Gasteiger charge is -2.18. The van der Waals surface area contributed by atoms with Gasteiger partial charge in [0.25, 0.3) is 0 Å². The molecule has 0 amide bonds. The monoisotopic (exact) mass is 289 g/mol. The van der Waals surface area contributed by atoms with Gasteiger partial charge in [-0.05, 0) is 44.3 Å². The van der Waals surface area contributed by atoms with E-state index in [4.69, 9.17) is 0 Å². The van der Waals surface area contributed by atoms with E-state index in [1.165, 1.54) is 12.8 Å². The van der Waals surface area contributed by atoms with Gasteiger partial charge in [0.05, 0.1) is 0 Å². The SMILES string of the molecule is CCCCC[C@@H](CN(C)C)C(=O)/C=C\c1cccc(O)c1. The third-order valence-electron chi connectivity index (χ3n) is 3.45. The van der Waals surface area contributed by atoms with Crippen LogP contribution in [0.15, 0.2) is 30.3 Å². The van der Waals surface area contributed by atoms with Crippen molar-refractivity contribution in [2.24, 2.45) is 5.92 Å². The number of aromatic hydroxyl groups is 1. The Hall–Kier alpha value is -1.61. The molecule has 0 saturated carbocycles. The van der Waals surface area contributed by atoms with Crippen molar-refractivity contribution in [2.45, 2.75) is 32.6 Å². The smallest absolute Gasteiger partial charge is 0.160 e. The number of allylic oxidation sites excluding steroid dienone is 1. The second-order valence-electron chi connectivity index (χ2n) is 5.79. The molecule has 0 fully saturated rings. The zero-order valence-corrected chi connectivity index (χ0v) is 13.4. The first-order valence-electron chi connectivity index (χ1n) is 7.68. The highest BCUT2D eigenvalue weighted by molar-refractivity contribution is 5.95. The van der Waals surface area contributed by atoms with Crippen molar-refractivity contribution in [2.75, 3.05) is 20.6 Å². The minimum atomic E-state index is 0.0557. The van der Waals surface area contributed by atoms with Crippen LogP contribution in [0, 0.1) is 5.92 Å². The summed E-state index contributed by atoms with van der Waals surface area (Å²) in [6, 6.07) is 6.93. The van der Waals surface area contributed by atoms with Crippen molar-refractivity contribution in [3.8, 4) is 5.75 Å². The Morgan fingerprint density at radius 2 is 2.10 bits per heavy atom. The number of nitrogens with zero attached hydrogens (tertiary/aromatic N) is 1. The molecule has 0 saturated heterocycles. The van der Waals surface area contributed by atoms with Crippen LogP contribution in [-0.2, 0) is 4.79 Å². The van der Waals surface area contributed by atoms with Crippen molar-refractivity contribution in [1.29, 1.82) is 0 Å². The molecule has 0 spiro atoms. The van der Waals surface area contributed by atoms with Crippen LogP contribution in [0.25, 0.3) is 6.08 Å². The standard InChI is InChI=1S/C18H27NO2/c1-4-5-6-9-16(14-19(2)3)18(21)12-11-15-8-7-10-17(20)13-15/h7-8,10-13,16,20H,4-6,9,14H2,1-3H3/b12-11-/t16-/m0/s1. The van der Waals surface area contributed by atoms with Gasteiger partial charge < -0.3 is 10.0 Å². The van der Waals surface area contributed by atoms with Gasteiger partial charge >= 0.3 is 0 Å². The van der Waals surface area contributed by atoms with Crippen LogP contribution in [0.5, 0.6) is 5.75 Å². The lowest BCUT2D eigenvalue weighted by Crippen LogP contribution is -2.27. The molecule has 0 heterocycles. The summed E-state index contributed by atoms with van der Waals surface area (Å²) in [6.07, 6.45) is 7.81. The highest BCUT2D eigenvalue weighted by atomic mass is 16.3. The third-order valence-corrected chi connectivity index (χ3v) is 3.45. The largest absolute Gasteiger partial charge is 0.508 e. The van der Waals surface area contributed by atoms with Gasteiger partial charge in [0.1, 0.15) is 5.75 Å². The van der Waals surface area contributed by atoms with E-state index in [-0.39, 0.29) is 17.5 Å². The maximum atomic E-state index is 12.4. The molecule has 3 heteroatoms. The Balaban J connectivity index is 2.66. The van der Waals surface area contributed by atoms with Crippen LogP contribution in [0.3, 0.4) is 0 Å². The molecule has 21 heavy (non-hydrogen) atoms. The molecule has 3 nitrogen and oxygen atoms in total. The Morgan fingerprint density at radius 1 is 1.33 bits per heavy atom. The molecular weight excluding hydrogens is 262 g/mol. The van der Waals surface area contributed by atoms with E-state index in [9.17, 15) is 9.90 Å². The van der Waals surface area contributed by atoms with Crippen molar-refractivity contribution >= 4 is 11.9 Å². The quantitative estimate of drug-likeness (QED) is 0.556. The zero-order chi connectivity index (χ0) is 15.7. The Bertz CT molecular complexity index is 466. The van der Waals surface area contributed by atoms with E-state index >= 15 is 0 Å². The average molecular weight is 289 g/mol. The summed E-state index contributed by atoms with van der Waals surface area (Å²) in [5.41, 5.74) is 0.848. The molecule has 1 rings (SSSR count). The summed E-state index contributed by atoms with van der Waals surface area (Å²) in [6.45, 7) is 2.96. The summed E-state index contributed by atoms with van der Waals surface area (Å²) < 4.78 is 0. The number of carbonyl (C=O) groups excluding carboxylic acids is 1. The number of ketones is 1. The molecule has 1 N–H and O–H groups in total. The second-order valence-corrected chi connectivity index (χ2v) is 5.79. The summed E-state index contributed by atoms with van der Waals surface area (Å²) in [5, 5.41) is 9.42. The van der Waals surface area contributed by atoms with Gasteiger partial charge in [-0.15, -0.1) is 0 Å². The topological polar surface area (TPSA) is 40.5 Å². The number of rotatable bonds is 9. The first-order chi connectivity index (χ1) is 10.0. The van der Waals surface area contributed by atoms with E-state index in [1.807, 2.05) is 20.2 Å². The number of hydrogen-bond donors (Lipinski definition) is 1. The van der Waals surface area contributed by atoms with Gasteiger partial charge in [0.2, 0.25) is 0 Å². The minimum absolute atomic E-state index is 0.0557. The number of unbranched alkanes of at least 4 members (excludes halogenated alkanes) is 2. The third kappa shape index (κ3) is 7.09. The summed E-state index contributed by atoms with van der Waals surface area (Å²) in [4.78, 5) is 14.4. The fourth-order valence-corrected chi connectivity index (χ4v) is 2.35. The van der Waals surface area contributed by atoms with E-state index in [1.54, 1.807) is 30.4 Å². The van der Waals surface area contributed by atoms with Crippen LogP contribution in [0.2, 0.25) is 0 Å². The molecule has 0 unspecified atom stereocenters. The van der Waals surface area contributed by atoms with Crippen molar-refractivity contribution in [1.82, 2.24) is 4.90 Å². The van der Waals surface area contributed by atoms with Crippen molar-refractivity contribution in [3.63, 3.8) is 0 Å². The molecule has 0 aromatic heterocycles. The van der Waals surface area contributed by atoms with E-state index in [2.05, 4.69) is 11.8 Å². The predicted molar refractivity (Wildman–Crippen MR) is 88.3 cm³/mol. The van der Waals surface area contributed by atoms with Crippen LogP contribution in [0.4, 0.5) is 0 Å². The lowest BCUT2D eigenvalue weighted by molar-refractivity contribution is -0.118. The molecule has 0 aliphatic rings. The van der Waals surface area contributed by atoms with Crippen LogP contribution >= 0.6 is 0 Å². The number of phenolic OH excluding ortho intramolecular Hbond substituents is 1. The molecule has 116 valence electrons.